The molecule has 2 aliphatic rings. The van der Waals surface area contributed by atoms with E-state index in [0.29, 0.717) is 0 Å². The van der Waals surface area contributed by atoms with Crippen LogP contribution in [0.4, 0.5) is 0 Å². The van der Waals surface area contributed by atoms with Gasteiger partial charge in [0.15, 0.2) is 0 Å². The molecular weight excluding hydrogens is 198 g/mol. The van der Waals surface area contributed by atoms with Gasteiger partial charge in [0.2, 0.25) is 0 Å². The van der Waals surface area contributed by atoms with Crippen molar-refractivity contribution in [2.24, 2.45) is 0 Å². The summed E-state index contributed by atoms with van der Waals surface area (Å²) in [6.45, 7) is 10.9. The predicted octanol–water partition coefficient (Wildman–Crippen LogP) is 3.46. The van der Waals surface area contributed by atoms with Crippen LogP contribution in [0.3, 0.4) is 0 Å². The summed E-state index contributed by atoms with van der Waals surface area (Å²) < 4.78 is 6.32. The second-order valence-corrected chi connectivity index (χ2v) is 5.70. The summed E-state index contributed by atoms with van der Waals surface area (Å²) in [6.07, 6.45) is 6.31. The average Bonchev–Trinajstić information content (AvgIpc) is 2.24. The van der Waals surface area contributed by atoms with Crippen LogP contribution in [0, 0.1) is 0 Å². The Morgan fingerprint density at radius 1 is 0.938 bits per heavy atom. The second-order valence-electron chi connectivity index (χ2n) is 5.70. The number of hydrogen-bond donors (Lipinski definition) is 0. The Labute approximate surface area is 101 Å². The molecule has 0 bridgehead atoms. The van der Waals surface area contributed by atoms with E-state index in [0.717, 1.165) is 0 Å². The molecule has 0 atom stereocenters. The maximum Gasteiger partial charge on any atom is 0.0714 e. The van der Waals surface area contributed by atoms with Gasteiger partial charge in [0.25, 0.3) is 0 Å². The maximum absolute atomic E-state index is 6.32. The van der Waals surface area contributed by atoms with Crippen molar-refractivity contribution < 1.29 is 4.74 Å². The fourth-order valence-corrected chi connectivity index (χ4v) is 2.90. The monoisotopic (exact) mass is 227 g/mol. The van der Waals surface area contributed by atoms with Crippen LogP contribution in [0.15, 0.2) is 0 Å². The summed E-state index contributed by atoms with van der Waals surface area (Å²) in [5.41, 5.74) is 0.350. The molecule has 2 aliphatic heterocycles. The van der Waals surface area contributed by atoms with Gasteiger partial charge in [-0.25, -0.2) is 0 Å². The zero-order chi connectivity index (χ0) is 12.2. The number of rotatable bonds is 0. The lowest BCUT2D eigenvalue weighted by Gasteiger charge is -2.49. The van der Waals surface area contributed by atoms with Gasteiger partial charge in [0.05, 0.1) is 11.2 Å². The summed E-state index contributed by atoms with van der Waals surface area (Å²) in [7, 11) is 2.21. The van der Waals surface area contributed by atoms with Crippen LogP contribution in [0.25, 0.3) is 0 Å². The highest BCUT2D eigenvalue weighted by atomic mass is 16.5. The molecule has 0 aromatic rings. The molecule has 0 radical (unpaired) electrons. The molecule has 0 aromatic carbocycles. The van der Waals surface area contributed by atoms with Crippen molar-refractivity contribution in [2.75, 3.05) is 20.1 Å². The molecule has 2 fully saturated rings. The lowest BCUT2D eigenvalue weighted by molar-refractivity contribution is -0.191. The first-order chi connectivity index (χ1) is 7.52. The minimum atomic E-state index is 0.119. The summed E-state index contributed by atoms with van der Waals surface area (Å²) in [5.74, 6) is 0. The fraction of sp³-hybridized carbons (Fsp3) is 1.00. The minimum Gasteiger partial charge on any atom is -0.369 e. The highest BCUT2D eigenvalue weighted by molar-refractivity contribution is 4.93. The van der Waals surface area contributed by atoms with E-state index in [-0.39, 0.29) is 11.2 Å². The van der Waals surface area contributed by atoms with Gasteiger partial charge in [0, 0.05) is 13.1 Å². The summed E-state index contributed by atoms with van der Waals surface area (Å²) >= 11 is 0. The first-order valence-electron chi connectivity index (χ1n) is 6.90. The number of piperidine rings is 1. The van der Waals surface area contributed by atoms with Crippen molar-refractivity contribution in [1.29, 1.82) is 0 Å². The van der Waals surface area contributed by atoms with Crippen LogP contribution in [-0.4, -0.2) is 36.2 Å². The zero-order valence-electron chi connectivity index (χ0n) is 11.8. The second kappa shape index (κ2) is 5.50. The van der Waals surface area contributed by atoms with E-state index in [9.17, 15) is 0 Å². The first kappa shape index (κ1) is 14.0. The van der Waals surface area contributed by atoms with E-state index < -0.39 is 0 Å². The zero-order valence-corrected chi connectivity index (χ0v) is 11.8. The highest BCUT2D eigenvalue weighted by Crippen LogP contribution is 2.41. The standard InChI is InChI=1S/C12H23NO.C2H6/c1-11(2)5-4-6-12(14-11)7-9-13(3)10-8-12;1-2/h4-10H2,1-3H3;1-2H3. The molecule has 2 heteroatoms. The average molecular weight is 227 g/mol. The Kier molecular flexibility index (Phi) is 4.81. The van der Waals surface area contributed by atoms with Crippen LogP contribution >= 0.6 is 0 Å². The van der Waals surface area contributed by atoms with Crippen LogP contribution < -0.4 is 0 Å². The minimum absolute atomic E-state index is 0.119. The molecule has 2 rings (SSSR count). The molecule has 1 spiro atoms. The number of ether oxygens (including phenoxy) is 1. The van der Waals surface area contributed by atoms with E-state index in [2.05, 4.69) is 25.8 Å². The number of hydrogen-bond acceptors (Lipinski definition) is 2. The normalized spacial score (nSPS) is 28.3. The Hall–Kier alpha value is -0.0800. The maximum atomic E-state index is 6.32. The SMILES string of the molecule is CC.CN1CCC2(CCCC(C)(C)O2)CC1. The number of likely N-dealkylation sites (tertiary alicyclic amines) is 1. The third-order valence-corrected chi connectivity index (χ3v) is 3.80. The topological polar surface area (TPSA) is 12.5 Å². The summed E-state index contributed by atoms with van der Waals surface area (Å²) in [5, 5.41) is 0. The smallest absolute Gasteiger partial charge is 0.0714 e. The molecule has 0 unspecified atom stereocenters. The molecule has 2 nitrogen and oxygen atoms in total. The Morgan fingerprint density at radius 2 is 1.50 bits per heavy atom. The lowest BCUT2D eigenvalue weighted by atomic mass is 9.81. The van der Waals surface area contributed by atoms with Crippen LogP contribution in [0.2, 0.25) is 0 Å². The molecular formula is C14H29NO. The van der Waals surface area contributed by atoms with Crippen molar-refractivity contribution in [3.63, 3.8) is 0 Å². The van der Waals surface area contributed by atoms with Gasteiger partial charge in [-0.05, 0) is 53.0 Å². The molecule has 0 N–H and O–H groups in total. The summed E-state index contributed by atoms with van der Waals surface area (Å²) in [6, 6.07) is 0. The van der Waals surface area contributed by atoms with E-state index >= 15 is 0 Å². The van der Waals surface area contributed by atoms with Crippen molar-refractivity contribution >= 4 is 0 Å². The van der Waals surface area contributed by atoms with E-state index in [1.54, 1.807) is 0 Å². The van der Waals surface area contributed by atoms with E-state index in [1.165, 1.54) is 45.2 Å². The van der Waals surface area contributed by atoms with E-state index in [1.807, 2.05) is 13.8 Å². The van der Waals surface area contributed by atoms with Crippen LogP contribution in [-0.2, 0) is 4.74 Å². The van der Waals surface area contributed by atoms with E-state index in [4.69, 9.17) is 4.74 Å². The molecule has 0 aliphatic carbocycles. The number of nitrogens with zero attached hydrogens (tertiary/aromatic N) is 1. The Morgan fingerprint density at radius 3 is 2.00 bits per heavy atom. The molecule has 2 saturated heterocycles. The first-order valence-corrected chi connectivity index (χ1v) is 6.90. The predicted molar refractivity (Wildman–Crippen MR) is 69.8 cm³/mol. The fourth-order valence-electron chi connectivity index (χ4n) is 2.90. The van der Waals surface area contributed by atoms with Gasteiger partial charge < -0.3 is 9.64 Å². The summed E-state index contributed by atoms with van der Waals surface area (Å²) in [4.78, 5) is 2.41. The van der Waals surface area contributed by atoms with Gasteiger partial charge in [-0.15, -0.1) is 0 Å². The highest BCUT2D eigenvalue weighted by Gasteiger charge is 2.42. The van der Waals surface area contributed by atoms with Gasteiger partial charge in [-0.3, -0.25) is 0 Å². The molecule has 0 amide bonds. The molecule has 0 saturated carbocycles. The van der Waals surface area contributed by atoms with Crippen molar-refractivity contribution in [3.05, 3.63) is 0 Å². The lowest BCUT2D eigenvalue weighted by Crippen LogP contribution is -2.51. The Bertz CT molecular complexity index is 205. The van der Waals surface area contributed by atoms with Gasteiger partial charge in [0.1, 0.15) is 0 Å². The van der Waals surface area contributed by atoms with Gasteiger partial charge in [-0.1, -0.05) is 13.8 Å². The van der Waals surface area contributed by atoms with Crippen molar-refractivity contribution in [2.45, 2.75) is 71.0 Å². The van der Waals surface area contributed by atoms with Crippen molar-refractivity contribution in [1.82, 2.24) is 4.90 Å². The van der Waals surface area contributed by atoms with Gasteiger partial charge in [-0.2, -0.15) is 0 Å². The molecule has 16 heavy (non-hydrogen) atoms. The molecule has 0 aromatic heterocycles. The molecule has 96 valence electrons. The largest absolute Gasteiger partial charge is 0.369 e. The van der Waals surface area contributed by atoms with Crippen LogP contribution in [0.1, 0.15) is 59.8 Å². The van der Waals surface area contributed by atoms with Crippen molar-refractivity contribution in [3.8, 4) is 0 Å². The quantitative estimate of drug-likeness (QED) is 0.628. The third kappa shape index (κ3) is 3.46. The third-order valence-electron chi connectivity index (χ3n) is 3.80. The van der Waals surface area contributed by atoms with Crippen LogP contribution in [0.5, 0.6) is 0 Å². The molecule has 2 heterocycles. The van der Waals surface area contributed by atoms with Gasteiger partial charge >= 0.3 is 0 Å². The Balaban J connectivity index is 0.000000606.